The summed E-state index contributed by atoms with van der Waals surface area (Å²) in [5, 5.41) is 0.219. The zero-order valence-corrected chi connectivity index (χ0v) is 13.2. The lowest BCUT2D eigenvalue weighted by Gasteiger charge is -2.58. The fraction of sp³-hybridized carbons (Fsp3) is 0.500. The quantitative estimate of drug-likeness (QED) is 0.795. The first-order valence-electron chi connectivity index (χ1n) is 6.73. The fourth-order valence-electron chi connectivity index (χ4n) is 3.20. The van der Waals surface area contributed by atoms with Crippen LogP contribution in [0, 0.1) is 11.3 Å². The number of carbonyl (C=O) groups excluding carboxylic acids is 1. The number of esters is 1. The Morgan fingerprint density at radius 3 is 2.57 bits per heavy atom. The monoisotopic (exact) mass is 329 g/mol. The Hall–Kier alpha value is -1.11. The van der Waals surface area contributed by atoms with E-state index in [0.717, 1.165) is 12.8 Å². The van der Waals surface area contributed by atoms with Crippen LogP contribution in [0.25, 0.3) is 0 Å². The molecular weight excluding hydrogens is 314 g/mol. The molecule has 1 aromatic carbocycles. The highest BCUT2D eigenvalue weighted by Gasteiger charge is 2.60. The predicted molar refractivity (Wildman–Crippen MR) is 77.4 cm³/mol. The van der Waals surface area contributed by atoms with Crippen molar-refractivity contribution in [2.24, 2.45) is 11.3 Å². The van der Waals surface area contributed by atoms with Gasteiger partial charge >= 0.3 is 5.97 Å². The Bertz CT molecular complexity index is 682. The van der Waals surface area contributed by atoms with Crippen molar-refractivity contribution in [3.05, 3.63) is 29.3 Å². The van der Waals surface area contributed by atoms with Crippen LogP contribution in [0.1, 0.15) is 12.8 Å². The second-order valence-electron chi connectivity index (χ2n) is 5.68. The van der Waals surface area contributed by atoms with Gasteiger partial charge in [-0.25, -0.2) is 8.42 Å². The van der Waals surface area contributed by atoms with Gasteiger partial charge in [0.1, 0.15) is 4.90 Å². The normalized spacial score (nSPS) is 24.2. The Kier molecular flexibility index (Phi) is 3.50. The predicted octanol–water partition coefficient (Wildman–Crippen LogP) is 1.91. The molecule has 1 aromatic rings. The molecule has 1 saturated heterocycles. The number of ether oxygens (including phenoxy) is 1. The standard InChI is InChI=1S/C14H16ClNO4S/c1-20-13(17)10-6-7-14(10)8-16(9-14)21(18,19)12-5-3-2-4-11(12)15/h2-5,10H,6-9H2,1H3/t10-/m0/s1. The van der Waals surface area contributed by atoms with Crippen molar-refractivity contribution in [3.8, 4) is 0 Å². The Morgan fingerprint density at radius 1 is 1.38 bits per heavy atom. The molecule has 1 saturated carbocycles. The summed E-state index contributed by atoms with van der Waals surface area (Å²) in [5.74, 6) is -0.420. The summed E-state index contributed by atoms with van der Waals surface area (Å²) >= 11 is 5.97. The lowest BCUT2D eigenvalue weighted by atomic mass is 9.56. The van der Waals surface area contributed by atoms with Crippen LogP contribution in [0.15, 0.2) is 29.2 Å². The average molecular weight is 330 g/mol. The van der Waals surface area contributed by atoms with Gasteiger partial charge in [0.25, 0.3) is 0 Å². The van der Waals surface area contributed by atoms with Crippen molar-refractivity contribution in [1.82, 2.24) is 4.31 Å². The van der Waals surface area contributed by atoms with E-state index in [1.807, 2.05) is 0 Å². The number of nitrogens with zero attached hydrogens (tertiary/aromatic N) is 1. The number of sulfonamides is 1. The van der Waals surface area contributed by atoms with Gasteiger partial charge in [-0.3, -0.25) is 4.79 Å². The van der Waals surface area contributed by atoms with E-state index in [1.54, 1.807) is 18.2 Å². The summed E-state index contributed by atoms with van der Waals surface area (Å²) in [4.78, 5) is 11.8. The first-order valence-corrected chi connectivity index (χ1v) is 8.55. The van der Waals surface area contributed by atoms with Gasteiger partial charge in [0, 0.05) is 18.5 Å². The number of methoxy groups -OCH3 is 1. The van der Waals surface area contributed by atoms with E-state index < -0.39 is 10.0 Å². The maximum absolute atomic E-state index is 12.5. The van der Waals surface area contributed by atoms with Crippen LogP contribution in [0.4, 0.5) is 0 Å². The summed E-state index contributed by atoms with van der Waals surface area (Å²) < 4.78 is 31.2. The molecule has 0 unspecified atom stereocenters. The molecule has 21 heavy (non-hydrogen) atoms. The van der Waals surface area contributed by atoms with E-state index in [9.17, 15) is 13.2 Å². The second kappa shape index (κ2) is 4.97. The van der Waals surface area contributed by atoms with Crippen LogP contribution in [0.2, 0.25) is 5.02 Å². The van der Waals surface area contributed by atoms with Gasteiger partial charge in [0.15, 0.2) is 0 Å². The molecule has 0 amide bonds. The molecular formula is C14H16ClNO4S. The minimum Gasteiger partial charge on any atom is -0.469 e. The first-order chi connectivity index (χ1) is 9.90. The molecule has 0 aromatic heterocycles. The van der Waals surface area contributed by atoms with E-state index in [4.69, 9.17) is 16.3 Å². The molecule has 0 N–H and O–H groups in total. The lowest BCUT2D eigenvalue weighted by molar-refractivity contribution is -0.167. The summed E-state index contributed by atoms with van der Waals surface area (Å²) in [6, 6.07) is 6.40. The molecule has 0 bridgehead atoms. The van der Waals surface area contributed by atoms with Crippen molar-refractivity contribution in [3.63, 3.8) is 0 Å². The maximum Gasteiger partial charge on any atom is 0.309 e. The van der Waals surface area contributed by atoms with Crippen molar-refractivity contribution in [1.29, 1.82) is 0 Å². The third kappa shape index (κ3) is 2.17. The van der Waals surface area contributed by atoms with E-state index >= 15 is 0 Å². The van der Waals surface area contributed by atoms with Crippen LogP contribution in [-0.4, -0.2) is 38.9 Å². The van der Waals surface area contributed by atoms with Gasteiger partial charge in [-0.1, -0.05) is 23.7 Å². The zero-order chi connectivity index (χ0) is 15.3. The van der Waals surface area contributed by atoms with E-state index in [-0.39, 0.29) is 27.2 Å². The third-order valence-electron chi connectivity index (χ3n) is 4.59. The first kappa shape index (κ1) is 14.8. The number of carbonyl (C=O) groups is 1. The van der Waals surface area contributed by atoms with Crippen molar-refractivity contribution >= 4 is 27.6 Å². The van der Waals surface area contributed by atoms with Gasteiger partial charge in [-0.15, -0.1) is 0 Å². The SMILES string of the molecule is COC(=O)[C@@H]1CCC12CN(S(=O)(=O)c1ccccc1Cl)C2. The minimum atomic E-state index is -3.59. The highest BCUT2D eigenvalue weighted by Crippen LogP contribution is 2.54. The summed E-state index contributed by atoms with van der Waals surface area (Å²) in [5.41, 5.74) is -0.235. The fourth-order valence-corrected chi connectivity index (χ4v) is 5.33. The summed E-state index contributed by atoms with van der Waals surface area (Å²) in [7, 11) is -2.22. The molecule has 1 aliphatic heterocycles. The smallest absolute Gasteiger partial charge is 0.309 e. The molecule has 3 rings (SSSR count). The molecule has 2 aliphatic rings. The van der Waals surface area contributed by atoms with Gasteiger partial charge in [0.05, 0.1) is 18.1 Å². The Balaban J connectivity index is 1.77. The largest absolute Gasteiger partial charge is 0.469 e. The van der Waals surface area contributed by atoms with Crippen molar-refractivity contribution < 1.29 is 17.9 Å². The highest BCUT2D eigenvalue weighted by atomic mass is 35.5. The second-order valence-corrected chi connectivity index (χ2v) is 7.99. The average Bonchev–Trinajstić information content (AvgIpc) is 2.35. The van der Waals surface area contributed by atoms with E-state index in [2.05, 4.69) is 0 Å². The molecule has 5 nitrogen and oxygen atoms in total. The number of benzene rings is 1. The lowest BCUT2D eigenvalue weighted by Crippen LogP contribution is -2.67. The van der Waals surface area contributed by atoms with Gasteiger partial charge < -0.3 is 4.74 Å². The van der Waals surface area contributed by atoms with Crippen molar-refractivity contribution in [2.45, 2.75) is 17.7 Å². The zero-order valence-electron chi connectivity index (χ0n) is 11.6. The molecule has 1 heterocycles. The molecule has 1 spiro atoms. The molecule has 0 radical (unpaired) electrons. The number of hydrogen-bond donors (Lipinski definition) is 0. The summed E-state index contributed by atoms with van der Waals surface area (Å²) in [6.45, 7) is 0.723. The third-order valence-corrected chi connectivity index (χ3v) is 6.88. The van der Waals surface area contributed by atoms with Gasteiger partial charge in [-0.2, -0.15) is 4.31 Å². The van der Waals surface area contributed by atoms with Crippen LogP contribution < -0.4 is 0 Å². The van der Waals surface area contributed by atoms with Crippen LogP contribution in [0.3, 0.4) is 0 Å². The molecule has 1 aliphatic carbocycles. The maximum atomic E-state index is 12.5. The molecule has 1 atom stereocenters. The van der Waals surface area contributed by atoms with Gasteiger partial charge in [0.2, 0.25) is 10.0 Å². The van der Waals surface area contributed by atoms with Crippen LogP contribution in [0.5, 0.6) is 0 Å². The number of hydrogen-bond acceptors (Lipinski definition) is 4. The molecule has 2 fully saturated rings. The highest BCUT2D eigenvalue weighted by molar-refractivity contribution is 7.89. The van der Waals surface area contributed by atoms with E-state index in [1.165, 1.54) is 17.5 Å². The number of rotatable bonds is 3. The molecule has 114 valence electrons. The Labute approximate surface area is 128 Å². The Morgan fingerprint density at radius 2 is 2.05 bits per heavy atom. The van der Waals surface area contributed by atoms with Crippen molar-refractivity contribution in [2.75, 3.05) is 20.2 Å². The van der Waals surface area contributed by atoms with Gasteiger partial charge in [-0.05, 0) is 25.0 Å². The topological polar surface area (TPSA) is 63.7 Å². The van der Waals surface area contributed by atoms with Crippen LogP contribution >= 0.6 is 11.6 Å². The van der Waals surface area contributed by atoms with E-state index in [0.29, 0.717) is 13.1 Å². The molecule has 7 heteroatoms. The number of halogens is 1. The minimum absolute atomic E-state index is 0.121. The summed E-state index contributed by atoms with van der Waals surface area (Å²) in [6.07, 6.45) is 1.63. The van der Waals surface area contributed by atoms with Crippen LogP contribution in [-0.2, 0) is 19.6 Å².